The summed E-state index contributed by atoms with van der Waals surface area (Å²) in [6, 6.07) is 15.1. The van der Waals surface area contributed by atoms with Gasteiger partial charge in [-0.05, 0) is 36.4 Å². The lowest BCUT2D eigenvalue weighted by atomic mass is 10.2. The third-order valence-corrected chi connectivity index (χ3v) is 4.40. The Bertz CT molecular complexity index is 782. The van der Waals surface area contributed by atoms with E-state index < -0.39 is 0 Å². The molecule has 4 nitrogen and oxygen atoms in total. The van der Waals surface area contributed by atoms with Crippen molar-refractivity contribution in [3.63, 3.8) is 0 Å². The number of hydrogen-bond donors (Lipinski definition) is 0. The van der Waals surface area contributed by atoms with Crippen LogP contribution in [0.15, 0.2) is 53.4 Å². The van der Waals surface area contributed by atoms with Gasteiger partial charge in [-0.2, -0.15) is 4.68 Å². The molecule has 5 heteroatoms. The molecule has 3 rings (SSSR count). The SMILES string of the molecule is CCCSc1ccccc1C(=O)n1nnc2ccccc21. The lowest BCUT2D eigenvalue weighted by Gasteiger charge is -2.07. The van der Waals surface area contributed by atoms with Crippen LogP contribution in [0.3, 0.4) is 0 Å². The molecule has 0 aliphatic rings. The molecule has 0 radical (unpaired) electrons. The monoisotopic (exact) mass is 297 g/mol. The van der Waals surface area contributed by atoms with E-state index in [0.29, 0.717) is 5.56 Å². The van der Waals surface area contributed by atoms with Crippen LogP contribution in [0.1, 0.15) is 23.7 Å². The van der Waals surface area contributed by atoms with Gasteiger partial charge < -0.3 is 0 Å². The van der Waals surface area contributed by atoms with Gasteiger partial charge in [0.05, 0.1) is 11.1 Å². The third kappa shape index (κ3) is 2.69. The van der Waals surface area contributed by atoms with Crippen molar-refractivity contribution >= 4 is 28.7 Å². The summed E-state index contributed by atoms with van der Waals surface area (Å²) in [7, 11) is 0. The minimum atomic E-state index is -0.136. The first-order chi connectivity index (χ1) is 10.3. The molecule has 0 aliphatic carbocycles. The van der Waals surface area contributed by atoms with Crippen LogP contribution < -0.4 is 0 Å². The quantitative estimate of drug-likeness (QED) is 0.690. The van der Waals surface area contributed by atoms with E-state index in [2.05, 4.69) is 17.2 Å². The van der Waals surface area contributed by atoms with E-state index in [1.165, 1.54) is 4.68 Å². The molecule has 1 aromatic heterocycles. The number of benzene rings is 2. The highest BCUT2D eigenvalue weighted by Crippen LogP contribution is 2.24. The van der Waals surface area contributed by atoms with Crippen molar-refractivity contribution in [2.45, 2.75) is 18.2 Å². The number of hydrogen-bond acceptors (Lipinski definition) is 4. The minimum Gasteiger partial charge on any atom is -0.267 e. The van der Waals surface area contributed by atoms with Crippen molar-refractivity contribution < 1.29 is 4.79 Å². The molecule has 106 valence electrons. The van der Waals surface area contributed by atoms with Gasteiger partial charge in [0.2, 0.25) is 0 Å². The van der Waals surface area contributed by atoms with Crippen molar-refractivity contribution in [1.29, 1.82) is 0 Å². The van der Waals surface area contributed by atoms with Crippen molar-refractivity contribution in [3.05, 3.63) is 54.1 Å². The average Bonchev–Trinajstić information content (AvgIpc) is 2.96. The van der Waals surface area contributed by atoms with Gasteiger partial charge in [-0.25, -0.2) is 0 Å². The minimum absolute atomic E-state index is 0.136. The summed E-state index contributed by atoms with van der Waals surface area (Å²) < 4.78 is 1.38. The number of fused-ring (bicyclic) bond motifs is 1. The number of carbonyl (C=O) groups excluding carboxylic acids is 1. The first-order valence-corrected chi connectivity index (χ1v) is 7.87. The van der Waals surface area contributed by atoms with Crippen LogP contribution in [0.5, 0.6) is 0 Å². The Labute approximate surface area is 127 Å². The van der Waals surface area contributed by atoms with Gasteiger partial charge in [0.15, 0.2) is 0 Å². The van der Waals surface area contributed by atoms with Gasteiger partial charge in [0, 0.05) is 4.90 Å². The number of para-hydroxylation sites is 1. The van der Waals surface area contributed by atoms with Crippen LogP contribution in [0, 0.1) is 0 Å². The van der Waals surface area contributed by atoms with Gasteiger partial charge in [-0.3, -0.25) is 4.79 Å². The highest BCUT2D eigenvalue weighted by atomic mass is 32.2. The zero-order valence-electron chi connectivity index (χ0n) is 11.7. The Morgan fingerprint density at radius 2 is 1.90 bits per heavy atom. The third-order valence-electron chi connectivity index (χ3n) is 3.12. The maximum absolute atomic E-state index is 12.8. The summed E-state index contributed by atoms with van der Waals surface area (Å²) >= 11 is 1.70. The zero-order chi connectivity index (χ0) is 14.7. The van der Waals surface area contributed by atoms with E-state index in [-0.39, 0.29) is 5.91 Å². The molecule has 21 heavy (non-hydrogen) atoms. The number of aromatic nitrogens is 3. The van der Waals surface area contributed by atoms with Crippen LogP contribution in [0.25, 0.3) is 11.0 Å². The number of carbonyl (C=O) groups is 1. The summed E-state index contributed by atoms with van der Waals surface area (Å²) in [5, 5.41) is 8.04. The lowest BCUT2D eigenvalue weighted by Crippen LogP contribution is -2.14. The molecular formula is C16H15N3OS. The second kappa shape index (κ2) is 6.10. The maximum atomic E-state index is 12.8. The second-order valence-electron chi connectivity index (χ2n) is 4.64. The molecule has 0 amide bonds. The maximum Gasteiger partial charge on any atom is 0.281 e. The first-order valence-electron chi connectivity index (χ1n) is 6.88. The van der Waals surface area contributed by atoms with Gasteiger partial charge >= 0.3 is 0 Å². The fourth-order valence-corrected chi connectivity index (χ4v) is 3.02. The van der Waals surface area contributed by atoms with E-state index in [4.69, 9.17) is 0 Å². The molecule has 0 aliphatic heterocycles. The molecule has 1 heterocycles. The zero-order valence-corrected chi connectivity index (χ0v) is 12.5. The Balaban J connectivity index is 2.02. The summed E-state index contributed by atoms with van der Waals surface area (Å²) in [6.45, 7) is 2.13. The van der Waals surface area contributed by atoms with E-state index in [1.54, 1.807) is 11.8 Å². The van der Waals surface area contributed by atoms with Crippen LogP contribution in [-0.2, 0) is 0 Å². The van der Waals surface area contributed by atoms with Crippen LogP contribution in [0.2, 0.25) is 0 Å². The molecule has 0 saturated carbocycles. The summed E-state index contributed by atoms with van der Waals surface area (Å²) in [5.41, 5.74) is 2.13. The molecule has 3 aromatic rings. The smallest absolute Gasteiger partial charge is 0.267 e. The van der Waals surface area contributed by atoms with Gasteiger partial charge in [-0.15, -0.1) is 16.9 Å². The van der Waals surface area contributed by atoms with E-state index >= 15 is 0 Å². The Morgan fingerprint density at radius 1 is 1.14 bits per heavy atom. The molecule has 0 fully saturated rings. The highest BCUT2D eigenvalue weighted by Gasteiger charge is 2.17. The number of thioether (sulfide) groups is 1. The molecular weight excluding hydrogens is 282 g/mol. The number of rotatable bonds is 4. The largest absolute Gasteiger partial charge is 0.281 e. The van der Waals surface area contributed by atoms with Crippen LogP contribution in [-0.4, -0.2) is 26.7 Å². The Morgan fingerprint density at radius 3 is 2.76 bits per heavy atom. The highest BCUT2D eigenvalue weighted by molar-refractivity contribution is 7.99. The van der Waals surface area contributed by atoms with E-state index in [0.717, 1.165) is 28.1 Å². The van der Waals surface area contributed by atoms with Gasteiger partial charge in [-0.1, -0.05) is 36.4 Å². The Kier molecular flexibility index (Phi) is 4.01. The Hall–Kier alpha value is -2.14. The van der Waals surface area contributed by atoms with Crippen molar-refractivity contribution in [2.24, 2.45) is 0 Å². The molecule has 0 unspecified atom stereocenters. The standard InChI is InChI=1S/C16H15N3OS/c1-2-11-21-15-10-6-3-7-12(15)16(20)19-14-9-5-4-8-13(14)17-18-19/h3-10H,2,11H2,1H3. The molecule has 2 aromatic carbocycles. The summed E-state index contributed by atoms with van der Waals surface area (Å²) in [4.78, 5) is 13.7. The summed E-state index contributed by atoms with van der Waals surface area (Å²) in [6.07, 6.45) is 1.07. The average molecular weight is 297 g/mol. The topological polar surface area (TPSA) is 47.8 Å². The molecule has 0 atom stereocenters. The molecule has 0 N–H and O–H groups in total. The first kappa shape index (κ1) is 13.8. The fourth-order valence-electron chi connectivity index (χ4n) is 2.11. The molecule has 0 spiro atoms. The van der Waals surface area contributed by atoms with Crippen molar-refractivity contribution in [3.8, 4) is 0 Å². The van der Waals surface area contributed by atoms with Crippen LogP contribution >= 0.6 is 11.8 Å². The molecule has 0 bridgehead atoms. The number of nitrogens with zero attached hydrogens (tertiary/aromatic N) is 3. The molecule has 0 saturated heterocycles. The lowest BCUT2D eigenvalue weighted by molar-refractivity contribution is 0.0945. The fraction of sp³-hybridized carbons (Fsp3) is 0.188. The predicted octanol–water partition coefficient (Wildman–Crippen LogP) is 3.62. The normalized spacial score (nSPS) is 10.9. The second-order valence-corrected chi connectivity index (χ2v) is 5.78. The van der Waals surface area contributed by atoms with Crippen molar-refractivity contribution in [2.75, 3.05) is 5.75 Å². The predicted molar refractivity (Wildman–Crippen MR) is 84.7 cm³/mol. The van der Waals surface area contributed by atoms with Crippen LogP contribution in [0.4, 0.5) is 0 Å². The van der Waals surface area contributed by atoms with E-state index in [1.807, 2.05) is 48.5 Å². The van der Waals surface area contributed by atoms with Gasteiger partial charge in [0.1, 0.15) is 5.52 Å². The van der Waals surface area contributed by atoms with Gasteiger partial charge in [0.25, 0.3) is 5.91 Å². The van der Waals surface area contributed by atoms with E-state index in [9.17, 15) is 4.79 Å². The summed E-state index contributed by atoms with van der Waals surface area (Å²) in [5.74, 6) is 0.852. The van der Waals surface area contributed by atoms with Crippen molar-refractivity contribution in [1.82, 2.24) is 15.0 Å².